The van der Waals surface area contributed by atoms with E-state index < -0.39 is 0 Å². The van der Waals surface area contributed by atoms with E-state index in [9.17, 15) is 0 Å². The number of carboxylic acid groups (broad SMARTS) is 1. The summed E-state index contributed by atoms with van der Waals surface area (Å²) in [4.78, 5) is 21.3. The van der Waals surface area contributed by atoms with Crippen LogP contribution in [-0.4, -0.2) is 26.5 Å². The van der Waals surface area contributed by atoms with Gasteiger partial charge in [0.25, 0.3) is 6.47 Å². The highest BCUT2D eigenvalue weighted by Gasteiger charge is 2.09. The van der Waals surface area contributed by atoms with E-state index in [0.29, 0.717) is 11.6 Å². The van der Waals surface area contributed by atoms with Gasteiger partial charge in [-0.15, -0.1) is 0 Å². The number of anilines is 1. The Labute approximate surface area is 121 Å². The first kappa shape index (κ1) is 14.4. The normalized spacial score (nSPS) is 9.76. The first-order valence-corrected chi connectivity index (χ1v) is 6.19. The largest absolute Gasteiger partial charge is 0.483 e. The molecule has 1 aromatic carbocycles. The minimum absolute atomic E-state index is 0.250. The maximum absolute atomic E-state index is 8.36. The van der Waals surface area contributed by atoms with Crippen molar-refractivity contribution in [3.63, 3.8) is 0 Å². The number of hydrogen-bond donors (Lipinski definition) is 2. The van der Waals surface area contributed by atoms with Crippen LogP contribution in [0, 0.1) is 6.92 Å². The lowest BCUT2D eigenvalue weighted by atomic mass is 10.1. The Balaban J connectivity index is 0.000000497. The number of nitrogen functional groups attached to an aromatic ring is 1. The average Bonchev–Trinajstić information content (AvgIpc) is 2.48. The minimum Gasteiger partial charge on any atom is -0.483 e. The molecule has 0 atom stereocenters. The Hall–Kier alpha value is -3.02. The van der Waals surface area contributed by atoms with Gasteiger partial charge in [-0.05, 0) is 25.1 Å². The lowest BCUT2D eigenvalue weighted by Crippen LogP contribution is -1.99. The molecule has 3 N–H and O–H groups in total. The van der Waals surface area contributed by atoms with Gasteiger partial charge in [0.2, 0.25) is 0 Å². The van der Waals surface area contributed by atoms with Crippen molar-refractivity contribution in [2.24, 2.45) is 0 Å². The zero-order chi connectivity index (χ0) is 15.2. The maximum Gasteiger partial charge on any atom is 0.290 e. The molecule has 0 unspecified atom stereocenters. The second kappa shape index (κ2) is 6.42. The van der Waals surface area contributed by atoms with E-state index in [1.807, 2.05) is 43.3 Å². The molecule has 3 rings (SSSR count). The predicted octanol–water partition coefficient (Wildman–Crippen LogP) is 2.28. The summed E-state index contributed by atoms with van der Waals surface area (Å²) in [6.07, 6.45) is 1.76. The maximum atomic E-state index is 8.36. The first-order valence-electron chi connectivity index (χ1n) is 6.19. The van der Waals surface area contributed by atoms with E-state index in [-0.39, 0.29) is 6.47 Å². The Kier molecular flexibility index (Phi) is 4.40. The molecular weight excluding hydrogens is 268 g/mol. The van der Waals surface area contributed by atoms with E-state index in [2.05, 4.69) is 15.0 Å². The van der Waals surface area contributed by atoms with Gasteiger partial charge >= 0.3 is 0 Å². The second-order valence-corrected chi connectivity index (χ2v) is 4.18. The number of hydrogen-bond acceptors (Lipinski definition) is 5. The Morgan fingerprint density at radius 1 is 1.14 bits per heavy atom. The number of nitrogens with two attached hydrogens (primary N) is 1. The van der Waals surface area contributed by atoms with Crippen LogP contribution in [0.1, 0.15) is 5.82 Å². The molecule has 3 aromatic rings. The quantitative estimate of drug-likeness (QED) is 0.664. The third-order valence-corrected chi connectivity index (χ3v) is 2.80. The lowest BCUT2D eigenvalue weighted by Gasteiger charge is -2.08. The summed E-state index contributed by atoms with van der Waals surface area (Å²) in [5, 5.41) is 7.75. The van der Waals surface area contributed by atoms with Crippen molar-refractivity contribution in [2.75, 3.05) is 5.73 Å². The lowest BCUT2D eigenvalue weighted by molar-refractivity contribution is -0.122. The number of aromatic nitrogens is 3. The number of nitrogens with zero attached hydrogens (tertiary/aromatic N) is 3. The Bertz CT molecular complexity index is 760. The molecule has 6 heteroatoms. The molecule has 0 radical (unpaired) electrons. The van der Waals surface area contributed by atoms with Gasteiger partial charge in [0.1, 0.15) is 11.6 Å². The molecule has 0 fully saturated rings. The van der Waals surface area contributed by atoms with Crippen LogP contribution in [0.4, 0.5) is 5.82 Å². The van der Waals surface area contributed by atoms with Crippen molar-refractivity contribution >= 4 is 23.2 Å². The van der Waals surface area contributed by atoms with Gasteiger partial charge in [-0.25, -0.2) is 9.97 Å². The number of aryl methyl sites for hydroxylation is 1. The van der Waals surface area contributed by atoms with Gasteiger partial charge in [-0.2, -0.15) is 0 Å². The van der Waals surface area contributed by atoms with E-state index >= 15 is 0 Å². The molecule has 2 aromatic heterocycles. The molecule has 0 amide bonds. The molecule has 2 heterocycles. The summed E-state index contributed by atoms with van der Waals surface area (Å²) in [5.74, 6) is 1.18. The van der Waals surface area contributed by atoms with Crippen LogP contribution in [0.5, 0.6) is 0 Å². The number of carbonyl (C=O) groups is 1. The smallest absolute Gasteiger partial charge is 0.290 e. The molecule has 0 aliphatic rings. The van der Waals surface area contributed by atoms with Crippen LogP contribution in [-0.2, 0) is 4.79 Å². The van der Waals surface area contributed by atoms with Crippen molar-refractivity contribution in [3.05, 3.63) is 48.4 Å². The van der Waals surface area contributed by atoms with Crippen LogP contribution < -0.4 is 5.73 Å². The van der Waals surface area contributed by atoms with E-state index in [1.165, 1.54) is 0 Å². The summed E-state index contributed by atoms with van der Waals surface area (Å²) in [5.41, 5.74) is 8.71. The molecule has 0 saturated carbocycles. The van der Waals surface area contributed by atoms with E-state index in [0.717, 1.165) is 22.2 Å². The fraction of sp³-hybridized carbons (Fsp3) is 0.0667. The van der Waals surface area contributed by atoms with E-state index in [4.69, 9.17) is 15.6 Å². The molecule has 0 bridgehead atoms. The third-order valence-electron chi connectivity index (χ3n) is 2.80. The topological polar surface area (TPSA) is 102 Å². The van der Waals surface area contributed by atoms with Crippen LogP contribution in [0.15, 0.2) is 42.6 Å². The minimum atomic E-state index is -0.250. The molecule has 0 aliphatic carbocycles. The summed E-state index contributed by atoms with van der Waals surface area (Å²) < 4.78 is 0. The second-order valence-electron chi connectivity index (χ2n) is 4.18. The molecule has 0 saturated heterocycles. The Morgan fingerprint density at radius 2 is 1.90 bits per heavy atom. The summed E-state index contributed by atoms with van der Waals surface area (Å²) in [6, 6.07) is 11.7. The monoisotopic (exact) mass is 282 g/mol. The molecule has 21 heavy (non-hydrogen) atoms. The summed E-state index contributed by atoms with van der Waals surface area (Å²) >= 11 is 0. The van der Waals surface area contributed by atoms with Crippen molar-refractivity contribution < 1.29 is 9.90 Å². The van der Waals surface area contributed by atoms with Gasteiger partial charge in [0.05, 0.1) is 16.6 Å². The van der Waals surface area contributed by atoms with Gasteiger partial charge in [0, 0.05) is 11.8 Å². The molecular formula is C15H14N4O2. The highest BCUT2D eigenvalue weighted by atomic mass is 16.3. The SMILES string of the molecule is Cc1nc(N)c2c(-c3ccccn3)cccc2n1.O=CO. The van der Waals surface area contributed by atoms with Crippen LogP contribution in [0.3, 0.4) is 0 Å². The van der Waals surface area contributed by atoms with Crippen molar-refractivity contribution in [1.82, 2.24) is 15.0 Å². The van der Waals surface area contributed by atoms with E-state index in [1.54, 1.807) is 6.20 Å². The highest BCUT2D eigenvalue weighted by molar-refractivity contribution is 6.00. The number of pyridine rings is 1. The zero-order valence-electron chi connectivity index (χ0n) is 11.4. The number of benzene rings is 1. The summed E-state index contributed by atoms with van der Waals surface area (Å²) in [7, 11) is 0. The fourth-order valence-corrected chi connectivity index (χ4v) is 2.07. The standard InChI is InChI=1S/C14H12N4.CH2O2/c1-9-17-12-7-4-5-10(13(12)14(15)18-9)11-6-2-3-8-16-11;2-1-3/h2-8H,1H3,(H2,15,17,18);1H,(H,2,3). The number of rotatable bonds is 1. The Morgan fingerprint density at radius 3 is 2.57 bits per heavy atom. The van der Waals surface area contributed by atoms with Crippen molar-refractivity contribution in [2.45, 2.75) is 6.92 Å². The molecule has 6 nitrogen and oxygen atoms in total. The third kappa shape index (κ3) is 3.11. The highest BCUT2D eigenvalue weighted by Crippen LogP contribution is 2.29. The van der Waals surface area contributed by atoms with Crippen LogP contribution >= 0.6 is 0 Å². The first-order chi connectivity index (χ1) is 10.2. The summed E-state index contributed by atoms with van der Waals surface area (Å²) in [6.45, 7) is 1.59. The fourth-order valence-electron chi connectivity index (χ4n) is 2.07. The predicted molar refractivity (Wildman–Crippen MR) is 80.6 cm³/mol. The van der Waals surface area contributed by atoms with Gasteiger partial charge < -0.3 is 10.8 Å². The van der Waals surface area contributed by atoms with Gasteiger partial charge in [0.15, 0.2) is 0 Å². The molecule has 106 valence electrons. The van der Waals surface area contributed by atoms with Crippen molar-refractivity contribution in [3.8, 4) is 11.3 Å². The van der Waals surface area contributed by atoms with Gasteiger partial charge in [-0.1, -0.05) is 18.2 Å². The molecule has 0 spiro atoms. The van der Waals surface area contributed by atoms with Gasteiger partial charge in [-0.3, -0.25) is 9.78 Å². The zero-order valence-corrected chi connectivity index (χ0v) is 11.4. The van der Waals surface area contributed by atoms with Crippen LogP contribution in [0.25, 0.3) is 22.2 Å². The number of fused-ring (bicyclic) bond motifs is 1. The average molecular weight is 282 g/mol. The van der Waals surface area contributed by atoms with Crippen LogP contribution in [0.2, 0.25) is 0 Å². The molecule has 0 aliphatic heterocycles. The van der Waals surface area contributed by atoms with Crippen molar-refractivity contribution in [1.29, 1.82) is 0 Å².